The molecule has 4 aromatic rings. The minimum Gasteiger partial charge on any atom is -0.454 e. The highest BCUT2D eigenvalue weighted by Crippen LogP contribution is 2.33. The Morgan fingerprint density at radius 1 is 1.03 bits per heavy atom. The number of fused-ring (bicyclic) bond motifs is 2. The zero-order chi connectivity index (χ0) is 24.4. The summed E-state index contributed by atoms with van der Waals surface area (Å²) in [5, 5.41) is 3.76. The molecule has 0 fully saturated rings. The summed E-state index contributed by atoms with van der Waals surface area (Å²) >= 11 is 1.19. The second-order valence-electron chi connectivity index (χ2n) is 7.96. The van der Waals surface area contributed by atoms with Gasteiger partial charge in [0.25, 0.3) is 5.56 Å². The number of carbonyl (C=O) groups excluding carboxylic acids is 2. The molecule has 1 aliphatic rings. The van der Waals surface area contributed by atoms with Crippen molar-refractivity contribution in [2.75, 3.05) is 17.9 Å². The molecule has 1 amide bonds. The fraction of sp³-hybridized carbons (Fsp3) is 0.154. The Morgan fingerprint density at radius 2 is 1.80 bits per heavy atom. The van der Waals surface area contributed by atoms with Gasteiger partial charge in [0.15, 0.2) is 22.4 Å². The maximum Gasteiger partial charge on any atom is 0.262 e. The van der Waals surface area contributed by atoms with Gasteiger partial charge in [-0.05, 0) is 61.0 Å². The van der Waals surface area contributed by atoms with Gasteiger partial charge >= 0.3 is 0 Å². The van der Waals surface area contributed by atoms with E-state index in [0.29, 0.717) is 38.8 Å². The molecule has 9 heteroatoms. The van der Waals surface area contributed by atoms with Gasteiger partial charge < -0.3 is 14.8 Å². The van der Waals surface area contributed by atoms with Gasteiger partial charge in [-0.1, -0.05) is 30.0 Å². The summed E-state index contributed by atoms with van der Waals surface area (Å²) < 4.78 is 12.4. The number of Topliss-reactive ketones (excluding diaryl/α,β-unsaturated/α-hetero) is 1. The topological polar surface area (TPSA) is 99.5 Å². The molecule has 0 radical (unpaired) electrons. The van der Waals surface area contributed by atoms with Crippen LogP contribution in [0, 0.1) is 0 Å². The van der Waals surface area contributed by atoms with Crippen LogP contribution in [0.1, 0.15) is 22.8 Å². The normalized spacial score (nSPS) is 12.0. The molecular weight excluding hydrogens is 466 g/mol. The van der Waals surface area contributed by atoms with Gasteiger partial charge in [0, 0.05) is 11.3 Å². The van der Waals surface area contributed by atoms with Crippen molar-refractivity contribution >= 4 is 40.0 Å². The first-order valence-corrected chi connectivity index (χ1v) is 11.9. The average molecular weight is 488 g/mol. The maximum atomic E-state index is 13.3. The SMILES string of the molecule is CC(=O)c1ccc(NC(=O)CSc2nc3ccccc3c(=O)n2Cc2ccc3c(c2)OCO3)cc1. The standard InChI is InChI=1S/C26H21N3O5S/c1-16(30)18-7-9-19(10-8-18)27-24(31)14-35-26-28-21-5-3-2-4-20(21)25(32)29(26)13-17-6-11-22-23(12-17)34-15-33-22/h2-12H,13-15H2,1H3,(H,27,31). The van der Waals surface area contributed by atoms with Crippen LogP contribution in [0.15, 0.2) is 76.7 Å². The molecule has 176 valence electrons. The van der Waals surface area contributed by atoms with Crippen LogP contribution in [-0.2, 0) is 11.3 Å². The number of hydrogen-bond donors (Lipinski definition) is 1. The first-order valence-electron chi connectivity index (χ1n) is 10.9. The second kappa shape index (κ2) is 9.63. The molecule has 5 rings (SSSR count). The van der Waals surface area contributed by atoms with Crippen LogP contribution in [0.2, 0.25) is 0 Å². The van der Waals surface area contributed by atoms with E-state index in [1.807, 2.05) is 24.3 Å². The zero-order valence-corrected chi connectivity index (χ0v) is 19.6. The lowest BCUT2D eigenvalue weighted by atomic mass is 10.1. The second-order valence-corrected chi connectivity index (χ2v) is 8.90. The monoisotopic (exact) mass is 487 g/mol. The molecule has 0 atom stereocenters. The molecule has 1 N–H and O–H groups in total. The van der Waals surface area contributed by atoms with Crippen LogP contribution in [0.5, 0.6) is 11.5 Å². The number of carbonyl (C=O) groups is 2. The highest BCUT2D eigenvalue weighted by molar-refractivity contribution is 7.99. The van der Waals surface area contributed by atoms with Crippen LogP contribution < -0.4 is 20.3 Å². The van der Waals surface area contributed by atoms with Crippen molar-refractivity contribution in [3.05, 3.63) is 88.2 Å². The molecule has 0 spiro atoms. The number of ketones is 1. The van der Waals surface area contributed by atoms with Crippen molar-refractivity contribution in [1.29, 1.82) is 0 Å². The molecule has 0 saturated carbocycles. The fourth-order valence-corrected chi connectivity index (χ4v) is 4.53. The van der Waals surface area contributed by atoms with Crippen LogP contribution in [0.25, 0.3) is 10.9 Å². The molecule has 1 aromatic heterocycles. The fourth-order valence-electron chi connectivity index (χ4n) is 3.73. The number of hydrogen-bond acceptors (Lipinski definition) is 7. The Morgan fingerprint density at radius 3 is 2.60 bits per heavy atom. The third-order valence-electron chi connectivity index (χ3n) is 5.51. The number of nitrogens with one attached hydrogen (secondary N) is 1. The lowest BCUT2D eigenvalue weighted by molar-refractivity contribution is -0.113. The third-order valence-corrected chi connectivity index (χ3v) is 6.49. The van der Waals surface area contributed by atoms with Gasteiger partial charge in [-0.3, -0.25) is 19.0 Å². The van der Waals surface area contributed by atoms with Crippen molar-refractivity contribution in [3.8, 4) is 11.5 Å². The Bertz CT molecular complexity index is 1500. The maximum absolute atomic E-state index is 13.3. The summed E-state index contributed by atoms with van der Waals surface area (Å²) in [7, 11) is 0. The summed E-state index contributed by atoms with van der Waals surface area (Å²) in [5.74, 6) is 1.07. The molecule has 1 aliphatic heterocycles. The number of rotatable bonds is 7. The number of aromatic nitrogens is 2. The lowest BCUT2D eigenvalue weighted by Gasteiger charge is -2.14. The van der Waals surface area contributed by atoms with Gasteiger partial charge in [0.05, 0.1) is 23.2 Å². The number of nitrogens with zero attached hydrogens (tertiary/aromatic N) is 2. The van der Waals surface area contributed by atoms with Crippen LogP contribution in [0.4, 0.5) is 5.69 Å². The highest BCUT2D eigenvalue weighted by Gasteiger charge is 2.17. The van der Waals surface area contributed by atoms with Crippen LogP contribution in [-0.4, -0.2) is 33.8 Å². The largest absolute Gasteiger partial charge is 0.454 e. The lowest BCUT2D eigenvalue weighted by Crippen LogP contribution is -2.25. The first kappa shape index (κ1) is 22.7. The predicted octanol–water partition coefficient (Wildman–Crippen LogP) is 4.11. The average Bonchev–Trinajstić information content (AvgIpc) is 3.33. The van der Waals surface area contributed by atoms with Crippen molar-refractivity contribution in [2.45, 2.75) is 18.6 Å². The molecule has 0 aliphatic carbocycles. The number of amides is 1. The van der Waals surface area contributed by atoms with Crippen molar-refractivity contribution in [3.63, 3.8) is 0 Å². The van der Waals surface area contributed by atoms with Gasteiger partial charge in [0.2, 0.25) is 12.7 Å². The van der Waals surface area contributed by atoms with E-state index in [0.717, 1.165) is 5.56 Å². The highest BCUT2D eigenvalue weighted by atomic mass is 32.2. The van der Waals surface area contributed by atoms with E-state index in [2.05, 4.69) is 10.3 Å². The minimum atomic E-state index is -0.248. The Labute approximate surface area is 204 Å². The Balaban J connectivity index is 1.38. The molecule has 0 unspecified atom stereocenters. The van der Waals surface area contributed by atoms with E-state index < -0.39 is 0 Å². The minimum absolute atomic E-state index is 0.0405. The van der Waals surface area contributed by atoms with E-state index in [4.69, 9.17) is 9.47 Å². The third kappa shape index (κ3) is 4.90. The quantitative estimate of drug-likeness (QED) is 0.238. The van der Waals surface area contributed by atoms with Crippen molar-refractivity contribution in [2.24, 2.45) is 0 Å². The number of para-hydroxylation sites is 1. The van der Waals surface area contributed by atoms with E-state index in [1.165, 1.54) is 18.7 Å². The van der Waals surface area contributed by atoms with Crippen molar-refractivity contribution in [1.82, 2.24) is 9.55 Å². The van der Waals surface area contributed by atoms with Gasteiger partial charge in [-0.25, -0.2) is 4.98 Å². The summed E-state index contributed by atoms with van der Waals surface area (Å²) in [6.45, 7) is 1.93. The van der Waals surface area contributed by atoms with Crippen molar-refractivity contribution < 1.29 is 19.1 Å². The summed E-state index contributed by atoms with van der Waals surface area (Å²) in [6, 6.07) is 19.4. The zero-order valence-electron chi connectivity index (χ0n) is 18.8. The van der Waals surface area contributed by atoms with E-state index in [1.54, 1.807) is 47.0 Å². The number of benzene rings is 3. The molecule has 0 bridgehead atoms. The first-order chi connectivity index (χ1) is 17.0. The van der Waals surface area contributed by atoms with E-state index in [-0.39, 0.29) is 36.3 Å². The summed E-state index contributed by atoms with van der Waals surface area (Å²) in [4.78, 5) is 42.0. The Kier molecular flexibility index (Phi) is 6.24. The van der Waals surface area contributed by atoms with Crippen LogP contribution >= 0.6 is 11.8 Å². The van der Waals surface area contributed by atoms with E-state index in [9.17, 15) is 14.4 Å². The summed E-state index contributed by atoms with van der Waals surface area (Å²) in [5.41, 5.74) is 2.40. The molecule has 8 nitrogen and oxygen atoms in total. The smallest absolute Gasteiger partial charge is 0.262 e. The van der Waals surface area contributed by atoms with E-state index >= 15 is 0 Å². The number of ether oxygens (including phenoxy) is 2. The Hall–Kier alpha value is -4.11. The molecular formula is C26H21N3O5S. The predicted molar refractivity (Wildman–Crippen MR) is 133 cm³/mol. The van der Waals surface area contributed by atoms with Crippen LogP contribution in [0.3, 0.4) is 0 Å². The number of thioether (sulfide) groups is 1. The summed E-state index contributed by atoms with van der Waals surface area (Å²) in [6.07, 6.45) is 0. The van der Waals surface area contributed by atoms with Gasteiger partial charge in [-0.2, -0.15) is 0 Å². The van der Waals surface area contributed by atoms with Gasteiger partial charge in [-0.15, -0.1) is 0 Å². The van der Waals surface area contributed by atoms with Gasteiger partial charge in [0.1, 0.15) is 0 Å². The number of anilines is 1. The molecule has 0 saturated heterocycles. The molecule has 35 heavy (non-hydrogen) atoms. The molecule has 3 aromatic carbocycles. The molecule has 2 heterocycles.